The molecule has 0 aromatic rings. The van der Waals surface area contributed by atoms with E-state index in [-0.39, 0.29) is 0 Å². The predicted octanol–water partition coefficient (Wildman–Crippen LogP) is -1.33. The quantitative estimate of drug-likeness (QED) is 0.455. The van der Waals surface area contributed by atoms with Gasteiger partial charge in [0.1, 0.15) is 0 Å². The molecule has 2 atom stereocenters. The van der Waals surface area contributed by atoms with Crippen LogP contribution in [-0.4, -0.2) is 56.0 Å². The SMILES string of the molecule is C1CN2CNCCN(CN1)C2. The lowest BCUT2D eigenvalue weighted by Crippen LogP contribution is -2.36. The minimum absolute atomic E-state index is 1.05. The van der Waals surface area contributed by atoms with Crippen molar-refractivity contribution < 1.29 is 0 Å². The summed E-state index contributed by atoms with van der Waals surface area (Å²) in [5.74, 6) is 0. The van der Waals surface area contributed by atoms with E-state index in [1.807, 2.05) is 0 Å². The number of nitrogens with one attached hydrogen (secondary N) is 2. The number of fused-ring (bicyclic) bond motifs is 2. The molecule has 2 N–H and O–H groups in total. The van der Waals surface area contributed by atoms with Crippen LogP contribution in [0.5, 0.6) is 0 Å². The van der Waals surface area contributed by atoms with Gasteiger partial charge in [-0.2, -0.15) is 0 Å². The van der Waals surface area contributed by atoms with E-state index >= 15 is 0 Å². The molecule has 0 amide bonds. The molecular weight excluding hydrogens is 140 g/mol. The molecule has 0 radical (unpaired) electrons. The first-order valence-electron chi connectivity index (χ1n) is 4.31. The summed E-state index contributed by atoms with van der Waals surface area (Å²) in [6.07, 6.45) is 0. The zero-order valence-corrected chi connectivity index (χ0v) is 6.84. The average molecular weight is 156 g/mol. The number of nitrogens with zero attached hydrogens (tertiary/aromatic N) is 2. The Balaban J connectivity index is 1.96. The Labute approximate surface area is 67.5 Å². The van der Waals surface area contributed by atoms with Gasteiger partial charge in [0.05, 0.1) is 6.67 Å². The molecule has 0 saturated carbocycles. The van der Waals surface area contributed by atoms with E-state index in [0.29, 0.717) is 0 Å². The van der Waals surface area contributed by atoms with Gasteiger partial charge in [0.15, 0.2) is 0 Å². The standard InChI is InChI=1S/C7H16N4/c1-3-10-6-9-2-4-11(7-10)5-8-1/h8-9H,1-7H2. The Bertz CT molecular complexity index is 102. The lowest BCUT2D eigenvalue weighted by atomic mass is 10.5. The number of hydrogen-bond acceptors (Lipinski definition) is 4. The molecule has 4 nitrogen and oxygen atoms in total. The molecule has 0 aromatic carbocycles. The summed E-state index contributed by atoms with van der Waals surface area (Å²) in [6.45, 7) is 7.82. The predicted molar refractivity (Wildman–Crippen MR) is 44.0 cm³/mol. The summed E-state index contributed by atoms with van der Waals surface area (Å²) >= 11 is 0. The maximum atomic E-state index is 3.40. The van der Waals surface area contributed by atoms with Crippen LogP contribution in [0.1, 0.15) is 0 Å². The molecule has 11 heavy (non-hydrogen) atoms. The summed E-state index contributed by atoms with van der Waals surface area (Å²) in [6, 6.07) is 0. The first kappa shape index (κ1) is 7.49. The van der Waals surface area contributed by atoms with Crippen LogP contribution in [0.25, 0.3) is 0 Å². The van der Waals surface area contributed by atoms with Gasteiger partial charge in [0, 0.05) is 39.5 Å². The third-order valence-electron chi connectivity index (χ3n) is 2.28. The average Bonchev–Trinajstić information content (AvgIpc) is 2.36. The van der Waals surface area contributed by atoms with Crippen molar-refractivity contribution in [1.82, 2.24) is 20.4 Å². The lowest BCUT2D eigenvalue weighted by Gasteiger charge is -2.21. The highest BCUT2D eigenvalue weighted by Crippen LogP contribution is 1.98. The summed E-state index contributed by atoms with van der Waals surface area (Å²) in [4.78, 5) is 4.88. The maximum absolute atomic E-state index is 3.40. The van der Waals surface area contributed by atoms with Gasteiger partial charge in [0.2, 0.25) is 0 Å². The fraction of sp³-hybridized carbons (Fsp3) is 1.00. The van der Waals surface area contributed by atoms with Gasteiger partial charge in [-0.15, -0.1) is 0 Å². The van der Waals surface area contributed by atoms with Gasteiger partial charge in [0.25, 0.3) is 0 Å². The summed E-state index contributed by atoms with van der Waals surface area (Å²) in [5, 5.41) is 6.81. The van der Waals surface area contributed by atoms with Crippen LogP contribution < -0.4 is 10.6 Å². The van der Waals surface area contributed by atoms with Crippen LogP contribution >= 0.6 is 0 Å². The van der Waals surface area contributed by atoms with Crippen molar-refractivity contribution in [2.75, 3.05) is 46.2 Å². The summed E-state index contributed by atoms with van der Waals surface area (Å²) < 4.78 is 0. The largest absolute Gasteiger partial charge is 0.303 e. The van der Waals surface area contributed by atoms with Crippen molar-refractivity contribution in [3.8, 4) is 0 Å². The van der Waals surface area contributed by atoms with E-state index in [1.54, 1.807) is 0 Å². The third kappa shape index (κ3) is 1.90. The molecule has 2 aliphatic heterocycles. The second kappa shape index (κ2) is 3.49. The molecule has 64 valence electrons. The third-order valence-corrected chi connectivity index (χ3v) is 2.28. The van der Waals surface area contributed by atoms with Crippen LogP contribution in [0.2, 0.25) is 0 Å². The Morgan fingerprint density at radius 1 is 0.818 bits per heavy atom. The molecule has 2 fully saturated rings. The minimum Gasteiger partial charge on any atom is -0.303 e. The van der Waals surface area contributed by atoms with Crippen LogP contribution in [0.4, 0.5) is 0 Å². The number of hydrogen-bond donors (Lipinski definition) is 2. The van der Waals surface area contributed by atoms with Crippen molar-refractivity contribution in [3.05, 3.63) is 0 Å². The van der Waals surface area contributed by atoms with E-state index in [9.17, 15) is 0 Å². The van der Waals surface area contributed by atoms with Gasteiger partial charge in [-0.3, -0.25) is 9.80 Å². The second-order valence-electron chi connectivity index (χ2n) is 3.25. The van der Waals surface area contributed by atoms with Crippen LogP contribution in [0, 0.1) is 0 Å². The molecule has 4 heteroatoms. The van der Waals surface area contributed by atoms with Crippen LogP contribution in [-0.2, 0) is 0 Å². The van der Waals surface area contributed by atoms with Gasteiger partial charge in [-0.1, -0.05) is 0 Å². The molecule has 2 saturated heterocycles. The molecule has 2 rings (SSSR count). The van der Waals surface area contributed by atoms with Gasteiger partial charge < -0.3 is 10.6 Å². The Hall–Kier alpha value is -0.160. The monoisotopic (exact) mass is 156 g/mol. The summed E-state index contributed by atoms with van der Waals surface area (Å²) in [5.41, 5.74) is 0. The fourth-order valence-electron chi connectivity index (χ4n) is 1.63. The zero-order chi connectivity index (χ0) is 7.52. The molecule has 0 aliphatic carbocycles. The molecule has 2 heterocycles. The molecule has 0 aromatic heterocycles. The van der Waals surface area contributed by atoms with Crippen LogP contribution in [0.15, 0.2) is 0 Å². The second-order valence-corrected chi connectivity index (χ2v) is 3.25. The van der Waals surface area contributed by atoms with E-state index < -0.39 is 0 Å². The van der Waals surface area contributed by atoms with Gasteiger partial charge in [-0.25, -0.2) is 0 Å². The smallest absolute Gasteiger partial charge is 0.0530 e. The molecule has 2 unspecified atom stereocenters. The first-order valence-corrected chi connectivity index (χ1v) is 4.31. The maximum Gasteiger partial charge on any atom is 0.0530 e. The Morgan fingerprint density at radius 3 is 1.91 bits per heavy atom. The number of rotatable bonds is 0. The molecule has 2 aliphatic rings. The van der Waals surface area contributed by atoms with Crippen molar-refractivity contribution >= 4 is 0 Å². The molecule has 2 bridgehead atoms. The van der Waals surface area contributed by atoms with Gasteiger partial charge >= 0.3 is 0 Å². The van der Waals surface area contributed by atoms with Crippen molar-refractivity contribution in [2.45, 2.75) is 0 Å². The van der Waals surface area contributed by atoms with Crippen LogP contribution in [0.3, 0.4) is 0 Å². The molecular formula is C7H16N4. The normalized spacial score (nSPS) is 39.3. The Morgan fingerprint density at radius 2 is 1.36 bits per heavy atom. The highest BCUT2D eigenvalue weighted by atomic mass is 15.4. The fourth-order valence-corrected chi connectivity index (χ4v) is 1.63. The van der Waals surface area contributed by atoms with E-state index in [0.717, 1.165) is 33.1 Å². The van der Waals surface area contributed by atoms with Crippen molar-refractivity contribution in [1.29, 1.82) is 0 Å². The van der Waals surface area contributed by atoms with Crippen molar-refractivity contribution in [3.63, 3.8) is 0 Å². The summed E-state index contributed by atoms with van der Waals surface area (Å²) in [7, 11) is 0. The topological polar surface area (TPSA) is 30.5 Å². The first-order chi connectivity index (χ1) is 5.45. The highest BCUT2D eigenvalue weighted by molar-refractivity contribution is 4.70. The minimum atomic E-state index is 1.05. The van der Waals surface area contributed by atoms with E-state index in [4.69, 9.17) is 0 Å². The highest BCUT2D eigenvalue weighted by Gasteiger charge is 2.16. The lowest BCUT2D eigenvalue weighted by molar-refractivity contribution is 0.179. The zero-order valence-electron chi connectivity index (χ0n) is 6.84. The van der Waals surface area contributed by atoms with Crippen molar-refractivity contribution in [2.24, 2.45) is 0 Å². The van der Waals surface area contributed by atoms with Gasteiger partial charge in [-0.05, 0) is 0 Å². The molecule has 0 spiro atoms. The van der Waals surface area contributed by atoms with E-state index in [2.05, 4.69) is 20.4 Å². The van der Waals surface area contributed by atoms with E-state index in [1.165, 1.54) is 13.1 Å². The Kier molecular flexibility index (Phi) is 2.38.